The van der Waals surface area contributed by atoms with Crippen LogP contribution in [0.4, 0.5) is 27.5 Å². The number of nitrogens with one attached hydrogen (secondary N) is 1. The van der Waals surface area contributed by atoms with Gasteiger partial charge in [0.15, 0.2) is 0 Å². The molecular formula is C20H18BrFN6. The van der Waals surface area contributed by atoms with Gasteiger partial charge in [-0.25, -0.2) is 9.37 Å². The van der Waals surface area contributed by atoms with Crippen LogP contribution >= 0.6 is 15.9 Å². The minimum Gasteiger partial charge on any atom is -0.329 e. The van der Waals surface area contributed by atoms with Gasteiger partial charge in [-0.3, -0.25) is 4.68 Å². The van der Waals surface area contributed by atoms with Gasteiger partial charge in [0.2, 0.25) is 5.95 Å². The van der Waals surface area contributed by atoms with E-state index in [0.29, 0.717) is 21.9 Å². The van der Waals surface area contributed by atoms with E-state index in [2.05, 4.69) is 42.4 Å². The molecule has 0 atom stereocenters. The van der Waals surface area contributed by atoms with Gasteiger partial charge in [0.05, 0.1) is 16.9 Å². The lowest BCUT2D eigenvalue weighted by Gasteiger charge is -2.19. The fraction of sp³-hybridized carbons (Fsp3) is 0.150. The van der Waals surface area contributed by atoms with Crippen molar-refractivity contribution in [1.29, 1.82) is 0 Å². The van der Waals surface area contributed by atoms with Crippen molar-refractivity contribution in [2.45, 2.75) is 6.92 Å². The van der Waals surface area contributed by atoms with Crippen LogP contribution in [0.3, 0.4) is 0 Å². The quantitative estimate of drug-likeness (QED) is 0.479. The lowest BCUT2D eigenvalue weighted by Crippen LogP contribution is -2.12. The van der Waals surface area contributed by atoms with Crippen molar-refractivity contribution in [2.24, 2.45) is 7.05 Å². The molecule has 0 radical (unpaired) electrons. The Morgan fingerprint density at radius 1 is 1.14 bits per heavy atom. The van der Waals surface area contributed by atoms with Gasteiger partial charge in [-0.2, -0.15) is 10.1 Å². The van der Waals surface area contributed by atoms with Gasteiger partial charge in [-0.1, -0.05) is 15.9 Å². The van der Waals surface area contributed by atoms with Crippen molar-refractivity contribution in [3.8, 4) is 0 Å². The van der Waals surface area contributed by atoms with E-state index >= 15 is 0 Å². The lowest BCUT2D eigenvalue weighted by atomic mass is 10.2. The highest BCUT2D eigenvalue weighted by atomic mass is 79.9. The molecule has 0 spiro atoms. The van der Waals surface area contributed by atoms with Crippen molar-refractivity contribution in [3.63, 3.8) is 0 Å². The number of hydrogen-bond donors (Lipinski definition) is 1. The minimum absolute atomic E-state index is 0.315. The highest BCUT2D eigenvalue weighted by Crippen LogP contribution is 2.28. The van der Waals surface area contributed by atoms with Crippen LogP contribution in [0.2, 0.25) is 0 Å². The summed E-state index contributed by atoms with van der Waals surface area (Å²) in [6, 6.07) is 12.7. The number of aryl methyl sites for hydroxylation is 2. The van der Waals surface area contributed by atoms with E-state index in [4.69, 9.17) is 0 Å². The number of rotatable bonds is 4. The standard InChI is InChI=1S/C20H18BrFN6/c1-12-15-11-14(5-7-18(15)28(3)26-12)27(2)19-8-9-23-20(25-19)24-17-6-4-13(21)10-16(17)22/h4-11H,1-3H3,(H,23,24,25). The Balaban J connectivity index is 1.64. The molecule has 1 N–H and O–H groups in total. The van der Waals surface area contributed by atoms with Crippen LogP contribution in [-0.4, -0.2) is 26.8 Å². The number of anilines is 4. The molecule has 2 aromatic heterocycles. The molecule has 0 bridgehead atoms. The topological polar surface area (TPSA) is 58.9 Å². The number of fused-ring (bicyclic) bond motifs is 1. The van der Waals surface area contributed by atoms with Gasteiger partial charge in [-0.15, -0.1) is 0 Å². The summed E-state index contributed by atoms with van der Waals surface area (Å²) in [5, 5.41) is 8.49. The molecular weight excluding hydrogens is 423 g/mol. The van der Waals surface area contributed by atoms with E-state index in [-0.39, 0.29) is 5.82 Å². The molecule has 8 heteroatoms. The number of benzene rings is 2. The zero-order chi connectivity index (χ0) is 19.8. The van der Waals surface area contributed by atoms with E-state index in [0.717, 1.165) is 22.3 Å². The summed E-state index contributed by atoms with van der Waals surface area (Å²) in [7, 11) is 3.86. The summed E-state index contributed by atoms with van der Waals surface area (Å²) in [5.41, 5.74) is 3.34. The number of aromatic nitrogens is 4. The van der Waals surface area contributed by atoms with Crippen molar-refractivity contribution in [2.75, 3.05) is 17.3 Å². The first kappa shape index (κ1) is 18.4. The van der Waals surface area contributed by atoms with E-state index in [1.807, 2.05) is 48.8 Å². The molecule has 142 valence electrons. The Hall–Kier alpha value is -3.00. The third-order valence-electron chi connectivity index (χ3n) is 4.57. The van der Waals surface area contributed by atoms with Gasteiger partial charge < -0.3 is 10.2 Å². The first-order valence-corrected chi connectivity index (χ1v) is 9.44. The Morgan fingerprint density at radius 3 is 2.75 bits per heavy atom. The van der Waals surface area contributed by atoms with E-state index < -0.39 is 0 Å². The maximum atomic E-state index is 14.1. The van der Waals surface area contributed by atoms with Crippen LogP contribution < -0.4 is 10.2 Å². The van der Waals surface area contributed by atoms with Gasteiger partial charge in [0.25, 0.3) is 0 Å². The van der Waals surface area contributed by atoms with Crippen LogP contribution in [0.5, 0.6) is 0 Å². The molecule has 6 nitrogen and oxygen atoms in total. The molecule has 0 saturated carbocycles. The average molecular weight is 441 g/mol. The highest BCUT2D eigenvalue weighted by molar-refractivity contribution is 9.10. The molecule has 0 unspecified atom stereocenters. The Labute approximate surface area is 170 Å². The summed E-state index contributed by atoms with van der Waals surface area (Å²) < 4.78 is 16.6. The molecule has 28 heavy (non-hydrogen) atoms. The van der Waals surface area contributed by atoms with Crippen molar-refractivity contribution < 1.29 is 4.39 Å². The second-order valence-electron chi connectivity index (χ2n) is 6.46. The first-order chi connectivity index (χ1) is 13.4. The largest absolute Gasteiger partial charge is 0.329 e. The molecule has 0 amide bonds. The predicted molar refractivity (Wildman–Crippen MR) is 113 cm³/mol. The third kappa shape index (κ3) is 3.43. The zero-order valence-electron chi connectivity index (χ0n) is 15.6. The summed E-state index contributed by atoms with van der Waals surface area (Å²) >= 11 is 3.25. The first-order valence-electron chi connectivity index (χ1n) is 8.64. The van der Waals surface area contributed by atoms with Gasteiger partial charge >= 0.3 is 0 Å². The van der Waals surface area contributed by atoms with Crippen molar-refractivity contribution >= 4 is 50.0 Å². The molecule has 4 rings (SSSR count). The van der Waals surface area contributed by atoms with E-state index in [1.54, 1.807) is 18.3 Å². The molecule has 2 aromatic carbocycles. The second-order valence-corrected chi connectivity index (χ2v) is 7.37. The van der Waals surface area contributed by atoms with Crippen LogP contribution in [-0.2, 0) is 7.05 Å². The number of halogens is 2. The number of nitrogens with zero attached hydrogens (tertiary/aromatic N) is 5. The zero-order valence-corrected chi connectivity index (χ0v) is 17.2. The molecule has 0 saturated heterocycles. The molecule has 2 heterocycles. The van der Waals surface area contributed by atoms with Gasteiger partial charge in [0.1, 0.15) is 11.6 Å². The molecule has 0 aliphatic carbocycles. The fourth-order valence-electron chi connectivity index (χ4n) is 3.08. The molecule has 0 aliphatic heterocycles. The number of hydrogen-bond acceptors (Lipinski definition) is 5. The van der Waals surface area contributed by atoms with Gasteiger partial charge in [-0.05, 0) is 49.4 Å². The Kier molecular flexibility index (Phi) is 4.72. The summed E-state index contributed by atoms with van der Waals surface area (Å²) in [6.07, 6.45) is 1.64. The van der Waals surface area contributed by atoms with Crippen LogP contribution in [0, 0.1) is 12.7 Å². The Morgan fingerprint density at radius 2 is 1.96 bits per heavy atom. The molecule has 4 aromatic rings. The van der Waals surface area contributed by atoms with E-state index in [1.165, 1.54) is 6.07 Å². The average Bonchev–Trinajstić information content (AvgIpc) is 2.97. The summed E-state index contributed by atoms with van der Waals surface area (Å²) in [5.74, 6) is 0.634. The maximum Gasteiger partial charge on any atom is 0.229 e. The van der Waals surface area contributed by atoms with Crippen LogP contribution in [0.15, 0.2) is 53.1 Å². The van der Waals surface area contributed by atoms with Crippen molar-refractivity contribution in [1.82, 2.24) is 19.7 Å². The normalized spacial score (nSPS) is 11.0. The SMILES string of the molecule is Cc1nn(C)c2ccc(N(C)c3ccnc(Nc4ccc(Br)cc4F)n3)cc12. The monoisotopic (exact) mass is 440 g/mol. The smallest absolute Gasteiger partial charge is 0.229 e. The fourth-order valence-corrected chi connectivity index (χ4v) is 3.41. The third-order valence-corrected chi connectivity index (χ3v) is 5.06. The molecule has 0 fully saturated rings. The summed E-state index contributed by atoms with van der Waals surface area (Å²) in [4.78, 5) is 10.7. The Bertz CT molecular complexity index is 1170. The summed E-state index contributed by atoms with van der Waals surface area (Å²) in [6.45, 7) is 1.99. The van der Waals surface area contributed by atoms with Crippen LogP contribution in [0.1, 0.15) is 5.69 Å². The predicted octanol–water partition coefficient (Wildman–Crippen LogP) is 5.08. The van der Waals surface area contributed by atoms with Gasteiger partial charge in [0, 0.05) is 35.8 Å². The van der Waals surface area contributed by atoms with Crippen molar-refractivity contribution in [3.05, 3.63) is 64.6 Å². The van der Waals surface area contributed by atoms with E-state index in [9.17, 15) is 4.39 Å². The second kappa shape index (κ2) is 7.20. The lowest BCUT2D eigenvalue weighted by molar-refractivity contribution is 0.631. The highest BCUT2D eigenvalue weighted by Gasteiger charge is 2.12. The maximum absolute atomic E-state index is 14.1. The molecule has 0 aliphatic rings. The van der Waals surface area contributed by atoms with Crippen LogP contribution in [0.25, 0.3) is 10.9 Å². The minimum atomic E-state index is -0.380.